The minimum atomic E-state index is -1.07. The molecule has 0 spiro atoms. The molecule has 2 unspecified atom stereocenters. The summed E-state index contributed by atoms with van der Waals surface area (Å²) in [5.74, 6) is 0.788. The molecule has 0 saturated carbocycles. The molecule has 4 nitrogen and oxygen atoms in total. The summed E-state index contributed by atoms with van der Waals surface area (Å²) >= 11 is 1.68. The van der Waals surface area contributed by atoms with Crippen LogP contribution in [0.2, 0.25) is 0 Å². The number of thioether (sulfide) groups is 1. The van der Waals surface area contributed by atoms with Crippen molar-refractivity contribution >= 4 is 34.3 Å². The summed E-state index contributed by atoms with van der Waals surface area (Å²) in [6, 6.07) is 16.6. The van der Waals surface area contributed by atoms with Crippen molar-refractivity contribution in [1.29, 1.82) is 0 Å². The molecule has 6 heteroatoms. The van der Waals surface area contributed by atoms with Crippen molar-refractivity contribution in [2.24, 2.45) is 0 Å². The zero-order valence-corrected chi connectivity index (χ0v) is 14.7. The average molecular weight is 348 g/mol. The fourth-order valence-corrected chi connectivity index (χ4v) is 3.32. The number of carbonyl (C=O) groups is 1. The second-order valence-electron chi connectivity index (χ2n) is 5.00. The van der Waals surface area contributed by atoms with E-state index in [-0.39, 0.29) is 12.1 Å². The normalized spacial score (nSPS) is 13.1. The van der Waals surface area contributed by atoms with E-state index in [1.807, 2.05) is 36.6 Å². The van der Waals surface area contributed by atoms with Crippen LogP contribution < -0.4 is 10.6 Å². The third-order valence-corrected chi connectivity index (χ3v) is 4.85. The van der Waals surface area contributed by atoms with Crippen LogP contribution in [0.3, 0.4) is 0 Å². The number of rotatable bonds is 6. The van der Waals surface area contributed by atoms with Crippen LogP contribution in [-0.4, -0.2) is 28.5 Å². The number of urea groups is 1. The van der Waals surface area contributed by atoms with Gasteiger partial charge in [0, 0.05) is 33.4 Å². The van der Waals surface area contributed by atoms with Gasteiger partial charge in [-0.25, -0.2) is 4.79 Å². The van der Waals surface area contributed by atoms with E-state index < -0.39 is 10.8 Å². The molecule has 2 amide bonds. The molecule has 0 aliphatic rings. The van der Waals surface area contributed by atoms with Crippen molar-refractivity contribution in [3.63, 3.8) is 0 Å². The van der Waals surface area contributed by atoms with Gasteiger partial charge in [0.15, 0.2) is 0 Å². The molecule has 2 aromatic rings. The van der Waals surface area contributed by atoms with Gasteiger partial charge in [-0.2, -0.15) is 11.8 Å². The molecule has 0 aliphatic carbocycles. The summed E-state index contributed by atoms with van der Waals surface area (Å²) in [6.07, 6.45) is 3.62. The topological polar surface area (TPSA) is 58.2 Å². The minimum Gasteiger partial charge on any atom is -0.330 e. The summed E-state index contributed by atoms with van der Waals surface area (Å²) in [6.45, 7) is 0. The Balaban J connectivity index is 2.05. The Kier molecular flexibility index (Phi) is 6.67. The van der Waals surface area contributed by atoms with Gasteiger partial charge < -0.3 is 10.6 Å². The lowest BCUT2D eigenvalue weighted by Gasteiger charge is -2.19. The number of hydrogen-bond donors (Lipinski definition) is 2. The third kappa shape index (κ3) is 5.41. The first kappa shape index (κ1) is 17.6. The van der Waals surface area contributed by atoms with Crippen molar-refractivity contribution < 1.29 is 9.00 Å². The molecule has 122 valence electrons. The number of carbonyl (C=O) groups excluding carboxylic acids is 1. The largest absolute Gasteiger partial charge is 0.330 e. The van der Waals surface area contributed by atoms with E-state index in [2.05, 4.69) is 10.6 Å². The van der Waals surface area contributed by atoms with Crippen molar-refractivity contribution in [1.82, 2.24) is 5.32 Å². The van der Waals surface area contributed by atoms with E-state index in [4.69, 9.17) is 0 Å². The predicted molar refractivity (Wildman–Crippen MR) is 98.5 cm³/mol. The van der Waals surface area contributed by atoms with E-state index in [0.717, 1.165) is 11.3 Å². The van der Waals surface area contributed by atoms with Gasteiger partial charge in [-0.3, -0.25) is 4.21 Å². The third-order valence-electron chi connectivity index (χ3n) is 3.26. The fourth-order valence-electron chi connectivity index (χ4n) is 2.15. The fraction of sp³-hybridized carbons (Fsp3) is 0.235. The Hall–Kier alpha value is -1.79. The molecular weight excluding hydrogens is 328 g/mol. The van der Waals surface area contributed by atoms with Crippen LogP contribution in [0.5, 0.6) is 0 Å². The lowest BCUT2D eigenvalue weighted by atomic mass is 10.1. The predicted octanol–water partition coefficient (Wildman–Crippen LogP) is 3.65. The molecule has 0 radical (unpaired) electrons. The maximum Gasteiger partial charge on any atom is 0.319 e. The van der Waals surface area contributed by atoms with Gasteiger partial charge in [0.05, 0.1) is 6.04 Å². The first-order valence-corrected chi connectivity index (χ1v) is 10.1. The zero-order chi connectivity index (χ0) is 16.7. The Morgan fingerprint density at radius 3 is 2.57 bits per heavy atom. The minimum absolute atomic E-state index is 0.0605. The van der Waals surface area contributed by atoms with Crippen molar-refractivity contribution in [2.75, 3.05) is 23.6 Å². The second kappa shape index (κ2) is 8.74. The van der Waals surface area contributed by atoms with Crippen molar-refractivity contribution in [3.8, 4) is 0 Å². The van der Waals surface area contributed by atoms with E-state index >= 15 is 0 Å². The Morgan fingerprint density at radius 1 is 1.17 bits per heavy atom. The van der Waals surface area contributed by atoms with Crippen LogP contribution in [0, 0.1) is 0 Å². The summed E-state index contributed by atoms with van der Waals surface area (Å²) in [4.78, 5) is 12.9. The van der Waals surface area contributed by atoms with Crippen molar-refractivity contribution in [2.45, 2.75) is 10.9 Å². The number of amides is 2. The monoisotopic (exact) mass is 348 g/mol. The zero-order valence-electron chi connectivity index (χ0n) is 13.1. The number of nitrogens with one attached hydrogen (secondary N) is 2. The molecule has 0 fully saturated rings. The molecule has 0 heterocycles. The Labute approximate surface area is 143 Å². The van der Waals surface area contributed by atoms with E-state index in [1.54, 1.807) is 42.3 Å². The summed E-state index contributed by atoms with van der Waals surface area (Å²) in [7, 11) is -1.07. The van der Waals surface area contributed by atoms with E-state index in [1.165, 1.54) is 0 Å². The lowest BCUT2D eigenvalue weighted by Crippen LogP contribution is -2.33. The second-order valence-corrected chi connectivity index (χ2v) is 7.29. The lowest BCUT2D eigenvalue weighted by molar-refractivity contribution is 0.249. The molecule has 0 aliphatic heterocycles. The molecular formula is C17H20N2O2S2. The highest BCUT2D eigenvalue weighted by atomic mass is 32.2. The van der Waals surface area contributed by atoms with Gasteiger partial charge in [-0.15, -0.1) is 0 Å². The maximum absolute atomic E-state index is 12.2. The summed E-state index contributed by atoms with van der Waals surface area (Å²) < 4.78 is 11.5. The van der Waals surface area contributed by atoms with Crippen LogP contribution >= 0.6 is 11.8 Å². The van der Waals surface area contributed by atoms with Crippen molar-refractivity contribution in [3.05, 3.63) is 60.2 Å². The highest BCUT2D eigenvalue weighted by molar-refractivity contribution is 7.98. The molecule has 23 heavy (non-hydrogen) atoms. The first-order chi connectivity index (χ1) is 11.1. The molecule has 2 aromatic carbocycles. The van der Waals surface area contributed by atoms with Gasteiger partial charge in [0.25, 0.3) is 0 Å². The molecule has 0 saturated heterocycles. The van der Waals surface area contributed by atoms with Crippen LogP contribution in [0.4, 0.5) is 10.5 Å². The molecule has 2 rings (SSSR count). The number of anilines is 1. The van der Waals surface area contributed by atoms with Gasteiger partial charge in [0.1, 0.15) is 0 Å². The average Bonchev–Trinajstić information content (AvgIpc) is 2.55. The van der Waals surface area contributed by atoms with E-state index in [0.29, 0.717) is 10.6 Å². The summed E-state index contributed by atoms with van der Waals surface area (Å²) in [5, 5.41) is 5.79. The number of benzene rings is 2. The van der Waals surface area contributed by atoms with Crippen LogP contribution in [0.15, 0.2) is 59.5 Å². The molecule has 0 bridgehead atoms. The Bertz CT molecular complexity index is 677. The summed E-state index contributed by atoms with van der Waals surface area (Å²) in [5.41, 5.74) is 1.70. The van der Waals surface area contributed by atoms with Crippen LogP contribution in [0.25, 0.3) is 0 Å². The van der Waals surface area contributed by atoms with Gasteiger partial charge >= 0.3 is 6.03 Å². The first-order valence-electron chi connectivity index (χ1n) is 7.15. The van der Waals surface area contributed by atoms with Gasteiger partial charge in [-0.05, 0) is 30.0 Å². The maximum atomic E-state index is 12.2. The quantitative estimate of drug-likeness (QED) is 0.838. The SMILES string of the molecule is CSCC(NC(=O)Nc1cccc(S(C)=O)c1)c1ccccc1. The molecule has 2 atom stereocenters. The smallest absolute Gasteiger partial charge is 0.319 e. The van der Waals surface area contributed by atoms with Crippen LogP contribution in [-0.2, 0) is 10.8 Å². The van der Waals surface area contributed by atoms with Gasteiger partial charge in [0.2, 0.25) is 0 Å². The highest BCUT2D eigenvalue weighted by Crippen LogP contribution is 2.18. The standard InChI is InChI=1S/C17H20N2O2S2/c1-22-12-16(13-7-4-3-5-8-13)19-17(20)18-14-9-6-10-15(11-14)23(2)21/h3-11,16H,12H2,1-2H3,(H2,18,19,20). The Morgan fingerprint density at radius 2 is 1.91 bits per heavy atom. The van der Waals surface area contributed by atoms with Gasteiger partial charge in [-0.1, -0.05) is 36.4 Å². The molecule has 2 N–H and O–H groups in total. The van der Waals surface area contributed by atoms with E-state index in [9.17, 15) is 9.00 Å². The highest BCUT2D eigenvalue weighted by Gasteiger charge is 2.14. The molecule has 0 aromatic heterocycles. The van der Waals surface area contributed by atoms with Crippen LogP contribution in [0.1, 0.15) is 11.6 Å². The number of hydrogen-bond acceptors (Lipinski definition) is 3.